The van der Waals surface area contributed by atoms with E-state index in [1.165, 1.54) is 4.90 Å². The molecule has 0 aromatic heterocycles. The molecule has 3 aromatic rings. The van der Waals surface area contributed by atoms with Crippen LogP contribution in [-0.2, 0) is 0 Å². The summed E-state index contributed by atoms with van der Waals surface area (Å²) in [6.45, 7) is 5.57. The van der Waals surface area contributed by atoms with Crippen molar-refractivity contribution in [3.63, 3.8) is 0 Å². The predicted octanol–water partition coefficient (Wildman–Crippen LogP) is 4.63. The second-order valence-electron chi connectivity index (χ2n) is 7.65. The molecule has 0 fully saturated rings. The number of fused-ring (bicyclic) bond motifs is 2. The number of hydrogen-bond acceptors (Lipinski definition) is 2. The van der Waals surface area contributed by atoms with Crippen molar-refractivity contribution in [3.8, 4) is 11.8 Å². The minimum atomic E-state index is -0.554. The molecule has 0 radical (unpaired) electrons. The summed E-state index contributed by atoms with van der Waals surface area (Å²) in [4.78, 5) is 26.6. The highest BCUT2D eigenvalue weighted by molar-refractivity contribution is 6.22. The van der Waals surface area contributed by atoms with Gasteiger partial charge in [-0.15, -0.1) is 0 Å². The van der Waals surface area contributed by atoms with Crippen LogP contribution in [0.15, 0.2) is 60.7 Å². The van der Waals surface area contributed by atoms with E-state index in [0.717, 1.165) is 21.9 Å². The molecule has 3 nitrogen and oxygen atoms in total. The molecule has 27 heavy (non-hydrogen) atoms. The van der Waals surface area contributed by atoms with Crippen LogP contribution < -0.4 is 0 Å². The van der Waals surface area contributed by atoms with Crippen molar-refractivity contribution in [2.75, 3.05) is 0 Å². The maximum absolute atomic E-state index is 12.7. The number of carbonyl (C=O) groups excluding carboxylic acids is 2. The largest absolute Gasteiger partial charge is 0.269 e. The fourth-order valence-electron chi connectivity index (χ4n) is 3.40. The van der Waals surface area contributed by atoms with Crippen LogP contribution in [0.5, 0.6) is 0 Å². The van der Waals surface area contributed by atoms with Gasteiger partial charge in [-0.2, -0.15) is 0 Å². The zero-order valence-electron chi connectivity index (χ0n) is 15.5. The maximum Gasteiger partial charge on any atom is 0.262 e. The molecule has 1 aliphatic rings. The minimum Gasteiger partial charge on any atom is -0.269 e. The minimum absolute atomic E-state index is 0.240. The van der Waals surface area contributed by atoms with Gasteiger partial charge in [0.15, 0.2) is 0 Å². The molecule has 0 spiro atoms. The fraction of sp³-hybridized carbons (Fsp3) is 0.167. The molecule has 0 saturated carbocycles. The monoisotopic (exact) mass is 353 g/mol. The van der Waals surface area contributed by atoms with Crippen LogP contribution in [0.3, 0.4) is 0 Å². The third-order valence-corrected chi connectivity index (χ3v) is 4.69. The Hall–Kier alpha value is -3.38. The summed E-state index contributed by atoms with van der Waals surface area (Å²) in [6.07, 6.45) is 0. The summed E-state index contributed by atoms with van der Waals surface area (Å²) in [5, 5.41) is 2.23. The lowest BCUT2D eigenvalue weighted by Crippen LogP contribution is -2.45. The summed E-state index contributed by atoms with van der Waals surface area (Å²) >= 11 is 0. The third kappa shape index (κ3) is 2.90. The molecular weight excluding hydrogens is 334 g/mol. The maximum atomic E-state index is 12.7. The second-order valence-corrected chi connectivity index (χ2v) is 7.65. The first-order chi connectivity index (χ1) is 12.9. The van der Waals surface area contributed by atoms with Gasteiger partial charge in [-0.05, 0) is 55.8 Å². The summed E-state index contributed by atoms with van der Waals surface area (Å²) in [6, 6.07) is 19.4. The Morgan fingerprint density at radius 1 is 0.778 bits per heavy atom. The first-order valence-corrected chi connectivity index (χ1v) is 8.89. The Morgan fingerprint density at radius 2 is 1.48 bits per heavy atom. The van der Waals surface area contributed by atoms with Gasteiger partial charge in [0.05, 0.1) is 11.1 Å². The molecule has 0 N–H and O–H groups in total. The van der Waals surface area contributed by atoms with E-state index in [0.29, 0.717) is 11.1 Å². The molecule has 1 heterocycles. The van der Waals surface area contributed by atoms with Gasteiger partial charge < -0.3 is 0 Å². The zero-order chi connectivity index (χ0) is 19.2. The van der Waals surface area contributed by atoms with Crippen molar-refractivity contribution in [1.82, 2.24) is 4.90 Å². The quantitative estimate of drug-likeness (QED) is 0.436. The van der Waals surface area contributed by atoms with E-state index in [-0.39, 0.29) is 11.8 Å². The lowest BCUT2D eigenvalue weighted by Gasteiger charge is -2.29. The Kier molecular flexibility index (Phi) is 3.86. The van der Waals surface area contributed by atoms with Gasteiger partial charge in [-0.3, -0.25) is 14.5 Å². The molecule has 0 aliphatic carbocycles. The molecule has 0 atom stereocenters. The number of hydrogen-bond donors (Lipinski definition) is 0. The van der Waals surface area contributed by atoms with Crippen LogP contribution in [0.2, 0.25) is 0 Å². The molecule has 0 bridgehead atoms. The molecule has 1 aliphatic heterocycles. The highest BCUT2D eigenvalue weighted by atomic mass is 16.2. The molecule has 4 rings (SSSR count). The lowest BCUT2D eigenvalue weighted by atomic mass is 10.0. The van der Waals surface area contributed by atoms with E-state index in [1.54, 1.807) is 18.2 Å². The van der Waals surface area contributed by atoms with E-state index >= 15 is 0 Å². The summed E-state index contributed by atoms with van der Waals surface area (Å²) in [7, 11) is 0. The first kappa shape index (κ1) is 17.1. The topological polar surface area (TPSA) is 37.4 Å². The molecular formula is C24H19NO2. The van der Waals surface area contributed by atoms with E-state index in [9.17, 15) is 9.59 Å². The van der Waals surface area contributed by atoms with Crippen molar-refractivity contribution in [3.05, 3.63) is 82.9 Å². The normalized spacial score (nSPS) is 13.5. The highest BCUT2D eigenvalue weighted by Gasteiger charge is 2.41. The van der Waals surface area contributed by atoms with Crippen LogP contribution in [0.4, 0.5) is 0 Å². The van der Waals surface area contributed by atoms with E-state index in [4.69, 9.17) is 0 Å². The molecule has 132 valence electrons. The van der Waals surface area contributed by atoms with Gasteiger partial charge in [0.25, 0.3) is 11.8 Å². The van der Waals surface area contributed by atoms with Crippen LogP contribution in [-0.4, -0.2) is 22.3 Å². The fourth-order valence-corrected chi connectivity index (χ4v) is 3.40. The van der Waals surface area contributed by atoms with Crippen molar-refractivity contribution in [2.45, 2.75) is 26.3 Å². The number of rotatable bonds is 0. The summed E-state index contributed by atoms with van der Waals surface area (Å²) < 4.78 is 0. The molecule has 0 unspecified atom stereocenters. The molecule has 2 amide bonds. The summed E-state index contributed by atoms with van der Waals surface area (Å²) in [5.41, 5.74) is 1.98. The number of imide groups is 1. The van der Waals surface area contributed by atoms with Gasteiger partial charge >= 0.3 is 0 Å². The van der Waals surface area contributed by atoms with Crippen LogP contribution >= 0.6 is 0 Å². The Balaban J connectivity index is 1.74. The average molecular weight is 353 g/mol. The first-order valence-electron chi connectivity index (χ1n) is 8.89. The molecule has 3 heteroatoms. The Morgan fingerprint density at radius 3 is 2.26 bits per heavy atom. The molecule has 3 aromatic carbocycles. The Labute approximate surface area is 158 Å². The number of benzene rings is 3. The SMILES string of the molecule is CC(C)(C)N1C(=O)c2ccc(C#Cc3cccc4ccccc34)cc2C1=O. The number of carbonyl (C=O) groups is 2. The van der Waals surface area contributed by atoms with Crippen LogP contribution in [0.25, 0.3) is 10.8 Å². The van der Waals surface area contributed by atoms with Gasteiger partial charge in [-0.25, -0.2) is 0 Å². The number of amides is 2. The van der Waals surface area contributed by atoms with Gasteiger partial charge in [0.2, 0.25) is 0 Å². The smallest absolute Gasteiger partial charge is 0.262 e. The molecule has 0 saturated heterocycles. The Bertz CT molecular complexity index is 1150. The van der Waals surface area contributed by atoms with Crippen LogP contribution in [0, 0.1) is 11.8 Å². The second kappa shape index (κ2) is 6.10. The summed E-state index contributed by atoms with van der Waals surface area (Å²) in [5.74, 6) is 5.85. The number of nitrogens with zero attached hydrogens (tertiary/aromatic N) is 1. The van der Waals surface area contributed by atoms with Crippen LogP contribution in [0.1, 0.15) is 52.6 Å². The third-order valence-electron chi connectivity index (χ3n) is 4.69. The average Bonchev–Trinajstić information content (AvgIpc) is 2.90. The zero-order valence-corrected chi connectivity index (χ0v) is 15.5. The van der Waals surface area contributed by atoms with E-state index in [1.807, 2.05) is 51.1 Å². The van der Waals surface area contributed by atoms with Gasteiger partial charge in [0.1, 0.15) is 0 Å². The predicted molar refractivity (Wildman–Crippen MR) is 107 cm³/mol. The highest BCUT2D eigenvalue weighted by Crippen LogP contribution is 2.29. The van der Waals surface area contributed by atoms with Crippen molar-refractivity contribution >= 4 is 22.6 Å². The van der Waals surface area contributed by atoms with Crippen molar-refractivity contribution in [1.29, 1.82) is 0 Å². The van der Waals surface area contributed by atoms with E-state index in [2.05, 4.69) is 24.0 Å². The van der Waals surface area contributed by atoms with Gasteiger partial charge in [-0.1, -0.05) is 48.2 Å². The van der Waals surface area contributed by atoms with Crippen molar-refractivity contribution < 1.29 is 9.59 Å². The van der Waals surface area contributed by atoms with Gasteiger partial charge in [0, 0.05) is 16.7 Å². The van der Waals surface area contributed by atoms with Crippen molar-refractivity contribution in [2.24, 2.45) is 0 Å². The standard InChI is InChI=1S/C24H19NO2/c1-24(2,3)25-22(26)20-14-12-16(15-21(20)23(25)27)11-13-18-9-6-8-17-7-4-5-10-19(17)18/h4-10,12,14-15H,1-3H3. The van der Waals surface area contributed by atoms with E-state index < -0.39 is 5.54 Å². The lowest BCUT2D eigenvalue weighted by molar-refractivity contribution is 0.0508.